The molecule has 0 saturated heterocycles. The Morgan fingerprint density at radius 1 is 1.37 bits per heavy atom. The van der Waals surface area contributed by atoms with Crippen LogP contribution in [0.1, 0.15) is 12.0 Å². The quantitative estimate of drug-likeness (QED) is 0.743. The minimum atomic E-state index is -2.46. The van der Waals surface area contributed by atoms with E-state index in [1.807, 2.05) is 0 Å². The molecule has 0 aliphatic heterocycles. The maximum atomic E-state index is 13.6. The summed E-state index contributed by atoms with van der Waals surface area (Å²) in [5, 5.41) is 3.36. The fourth-order valence-electron chi connectivity index (χ4n) is 1.70. The number of benzene rings is 1. The Kier molecular flexibility index (Phi) is 7.20. The molecule has 1 rings (SSSR count). The van der Waals surface area contributed by atoms with E-state index in [2.05, 4.69) is 5.32 Å². The molecule has 0 bridgehead atoms. The van der Waals surface area contributed by atoms with Crippen LogP contribution in [0.5, 0.6) is 0 Å². The Morgan fingerprint density at radius 2 is 2.11 bits per heavy atom. The summed E-state index contributed by atoms with van der Waals surface area (Å²) in [7, 11) is 1.74. The highest BCUT2D eigenvalue weighted by molar-refractivity contribution is 6.30. The first-order valence-electron chi connectivity index (χ1n) is 6.00. The van der Waals surface area contributed by atoms with Crippen LogP contribution in [0, 0.1) is 5.82 Å². The van der Waals surface area contributed by atoms with Crippen LogP contribution >= 0.6 is 11.6 Å². The molecule has 0 saturated carbocycles. The van der Waals surface area contributed by atoms with Gasteiger partial charge in [-0.1, -0.05) is 17.7 Å². The van der Waals surface area contributed by atoms with E-state index in [0.717, 1.165) is 0 Å². The van der Waals surface area contributed by atoms with Crippen LogP contribution in [0.25, 0.3) is 0 Å². The summed E-state index contributed by atoms with van der Waals surface area (Å²) in [5.41, 5.74) is 0.539. The molecule has 19 heavy (non-hydrogen) atoms. The van der Waals surface area contributed by atoms with Crippen LogP contribution in [-0.2, 0) is 11.2 Å². The minimum Gasteiger partial charge on any atom is -0.375 e. The van der Waals surface area contributed by atoms with Crippen molar-refractivity contribution >= 4 is 11.6 Å². The van der Waals surface area contributed by atoms with Crippen molar-refractivity contribution in [2.75, 3.05) is 20.3 Å². The number of halogens is 4. The van der Waals surface area contributed by atoms with Gasteiger partial charge in [-0.25, -0.2) is 13.2 Å². The van der Waals surface area contributed by atoms with Gasteiger partial charge >= 0.3 is 0 Å². The molecule has 0 aromatic heterocycles. The van der Waals surface area contributed by atoms with Gasteiger partial charge in [0, 0.05) is 17.7 Å². The third-order valence-electron chi connectivity index (χ3n) is 2.74. The largest absolute Gasteiger partial charge is 0.375 e. The van der Waals surface area contributed by atoms with Gasteiger partial charge in [0.05, 0.1) is 0 Å². The van der Waals surface area contributed by atoms with E-state index >= 15 is 0 Å². The van der Waals surface area contributed by atoms with Crippen LogP contribution < -0.4 is 5.32 Å². The van der Waals surface area contributed by atoms with Crippen molar-refractivity contribution in [1.29, 1.82) is 0 Å². The maximum Gasteiger partial charge on any atom is 0.261 e. The molecule has 1 N–H and O–H groups in total. The fraction of sp³-hybridized carbons (Fsp3) is 0.538. The number of rotatable bonds is 8. The lowest BCUT2D eigenvalue weighted by Gasteiger charge is -2.16. The fourth-order valence-corrected chi connectivity index (χ4v) is 1.86. The number of hydrogen-bond acceptors (Lipinski definition) is 2. The Bertz CT molecular complexity index is 390. The van der Waals surface area contributed by atoms with Crippen molar-refractivity contribution in [2.45, 2.75) is 25.3 Å². The predicted octanol–water partition coefficient (Wildman–Crippen LogP) is 3.28. The van der Waals surface area contributed by atoms with Gasteiger partial charge in [-0.2, -0.15) is 0 Å². The molecule has 1 aromatic carbocycles. The second kappa shape index (κ2) is 8.40. The summed E-state index contributed by atoms with van der Waals surface area (Å²) in [6, 6.07) is 4.48. The Hall–Kier alpha value is -0.780. The van der Waals surface area contributed by atoms with Crippen molar-refractivity contribution in [3.05, 3.63) is 34.6 Å². The summed E-state index contributed by atoms with van der Waals surface area (Å²) in [5.74, 6) is -0.360. The van der Waals surface area contributed by atoms with Crippen LogP contribution in [0.2, 0.25) is 5.02 Å². The van der Waals surface area contributed by atoms with Crippen molar-refractivity contribution in [1.82, 2.24) is 5.32 Å². The number of likely N-dealkylation sites (N-methyl/N-ethyl adjacent to an activating group) is 1. The van der Waals surface area contributed by atoms with Crippen LogP contribution in [0.4, 0.5) is 13.2 Å². The number of alkyl halides is 2. The summed E-state index contributed by atoms with van der Waals surface area (Å²) >= 11 is 5.67. The van der Waals surface area contributed by atoms with E-state index in [0.29, 0.717) is 23.4 Å². The molecule has 0 aliphatic carbocycles. The SMILES string of the molecule is CNC(CCOCC(F)F)Cc1ccc(Cl)cc1F. The van der Waals surface area contributed by atoms with Crippen LogP contribution in [-0.4, -0.2) is 32.7 Å². The van der Waals surface area contributed by atoms with Gasteiger partial charge in [0.15, 0.2) is 0 Å². The average Bonchev–Trinajstić information content (AvgIpc) is 2.35. The van der Waals surface area contributed by atoms with E-state index in [4.69, 9.17) is 16.3 Å². The highest BCUT2D eigenvalue weighted by Gasteiger charge is 2.11. The molecule has 0 spiro atoms. The Labute approximate surface area is 115 Å². The normalized spacial score (nSPS) is 12.9. The number of ether oxygens (including phenoxy) is 1. The molecule has 2 nitrogen and oxygen atoms in total. The standard InChI is InChI=1S/C13H17ClF3NO/c1-18-11(4-5-19-8-13(16)17)6-9-2-3-10(14)7-12(9)15/h2-3,7,11,13,18H,4-6,8H2,1H3. The van der Waals surface area contributed by atoms with Crippen molar-refractivity contribution in [3.8, 4) is 0 Å². The summed E-state index contributed by atoms with van der Waals surface area (Å²) in [6.07, 6.45) is -1.47. The van der Waals surface area contributed by atoms with Crippen LogP contribution in [0.15, 0.2) is 18.2 Å². The van der Waals surface area contributed by atoms with Crippen molar-refractivity contribution in [3.63, 3.8) is 0 Å². The van der Waals surface area contributed by atoms with Gasteiger partial charge in [0.1, 0.15) is 12.4 Å². The molecule has 1 aromatic rings. The third-order valence-corrected chi connectivity index (χ3v) is 2.98. The highest BCUT2D eigenvalue weighted by atomic mass is 35.5. The van der Waals surface area contributed by atoms with Crippen molar-refractivity contribution in [2.24, 2.45) is 0 Å². The first kappa shape index (κ1) is 16.3. The maximum absolute atomic E-state index is 13.6. The molecule has 0 radical (unpaired) electrons. The topological polar surface area (TPSA) is 21.3 Å². The van der Waals surface area contributed by atoms with Crippen molar-refractivity contribution < 1.29 is 17.9 Å². The zero-order valence-electron chi connectivity index (χ0n) is 10.6. The van der Waals surface area contributed by atoms with Gasteiger partial charge in [-0.15, -0.1) is 0 Å². The number of hydrogen-bond donors (Lipinski definition) is 1. The number of nitrogens with one attached hydrogen (secondary N) is 1. The molecule has 0 amide bonds. The molecule has 0 heterocycles. The Balaban J connectivity index is 2.43. The second-order valence-electron chi connectivity index (χ2n) is 4.18. The zero-order valence-corrected chi connectivity index (χ0v) is 11.4. The molecular weight excluding hydrogens is 279 g/mol. The molecule has 108 valence electrons. The van der Waals surface area contributed by atoms with Gasteiger partial charge < -0.3 is 10.1 Å². The monoisotopic (exact) mass is 295 g/mol. The predicted molar refractivity (Wildman–Crippen MR) is 69.4 cm³/mol. The van der Waals surface area contributed by atoms with E-state index in [1.165, 1.54) is 6.07 Å². The molecule has 1 unspecified atom stereocenters. The lowest BCUT2D eigenvalue weighted by atomic mass is 10.0. The summed E-state index contributed by atoms with van der Waals surface area (Å²) in [4.78, 5) is 0. The summed E-state index contributed by atoms with van der Waals surface area (Å²) in [6.45, 7) is -0.350. The van der Waals surface area contributed by atoms with Gasteiger partial charge in [0.25, 0.3) is 6.43 Å². The molecule has 0 fully saturated rings. The summed E-state index contributed by atoms with van der Waals surface area (Å²) < 4.78 is 42.2. The molecule has 6 heteroatoms. The lowest BCUT2D eigenvalue weighted by Crippen LogP contribution is -2.29. The van der Waals surface area contributed by atoms with E-state index in [9.17, 15) is 13.2 Å². The average molecular weight is 296 g/mol. The van der Waals surface area contributed by atoms with E-state index in [1.54, 1.807) is 19.2 Å². The molecule has 1 atom stereocenters. The van der Waals surface area contributed by atoms with E-state index < -0.39 is 13.0 Å². The second-order valence-corrected chi connectivity index (χ2v) is 4.62. The third kappa shape index (κ3) is 6.27. The lowest BCUT2D eigenvalue weighted by molar-refractivity contribution is 0.0146. The first-order valence-corrected chi connectivity index (χ1v) is 6.37. The highest BCUT2D eigenvalue weighted by Crippen LogP contribution is 2.16. The molecular formula is C13H17ClF3NO. The zero-order chi connectivity index (χ0) is 14.3. The van der Waals surface area contributed by atoms with Crippen LogP contribution in [0.3, 0.4) is 0 Å². The van der Waals surface area contributed by atoms with Gasteiger partial charge in [0.2, 0.25) is 0 Å². The first-order chi connectivity index (χ1) is 9.02. The van der Waals surface area contributed by atoms with E-state index in [-0.39, 0.29) is 18.5 Å². The Morgan fingerprint density at radius 3 is 2.68 bits per heavy atom. The van der Waals surface area contributed by atoms with Gasteiger partial charge in [-0.05, 0) is 37.6 Å². The molecule has 0 aliphatic rings. The smallest absolute Gasteiger partial charge is 0.261 e. The minimum absolute atomic E-state index is 0.0339. The van der Waals surface area contributed by atoms with Gasteiger partial charge in [-0.3, -0.25) is 0 Å².